The van der Waals surface area contributed by atoms with E-state index in [1.807, 2.05) is 34.6 Å². The molecule has 0 aromatic heterocycles. The van der Waals surface area contributed by atoms with Gasteiger partial charge in [-0.1, -0.05) is 32.4 Å². The molecular weight excluding hydrogens is 406 g/mol. The molecule has 0 aliphatic heterocycles. The van der Waals surface area contributed by atoms with Crippen LogP contribution in [0.15, 0.2) is 48.5 Å². The molecule has 7 nitrogen and oxygen atoms in total. The van der Waals surface area contributed by atoms with Gasteiger partial charge in [0, 0.05) is 11.1 Å². The van der Waals surface area contributed by atoms with Crippen LogP contribution in [0.25, 0.3) is 0 Å². The van der Waals surface area contributed by atoms with Gasteiger partial charge in [0.2, 0.25) is 5.91 Å². The number of nitrogens with one attached hydrogen (secondary N) is 3. The summed E-state index contributed by atoms with van der Waals surface area (Å²) in [6, 6.07) is 12.7. The Morgan fingerprint density at radius 3 is 2.16 bits per heavy atom. The van der Waals surface area contributed by atoms with Crippen molar-refractivity contribution in [2.75, 3.05) is 12.4 Å². The number of para-hydroxylation sites is 1. The molecule has 0 radical (unpaired) electrons. The third kappa shape index (κ3) is 6.83. The van der Waals surface area contributed by atoms with Gasteiger partial charge < -0.3 is 20.7 Å². The summed E-state index contributed by atoms with van der Waals surface area (Å²) in [7, 11) is 1.55. The Bertz CT molecular complexity index is 948. The number of hydrogen-bond donors (Lipinski definition) is 3. The monoisotopic (exact) mass is 439 g/mol. The first-order valence-electron chi connectivity index (χ1n) is 10.7. The molecule has 0 saturated heterocycles. The first-order chi connectivity index (χ1) is 15.1. The molecule has 0 heterocycles. The zero-order valence-electron chi connectivity index (χ0n) is 19.6. The highest BCUT2D eigenvalue weighted by atomic mass is 16.5. The number of carbonyl (C=O) groups is 3. The number of hydrogen-bond acceptors (Lipinski definition) is 4. The SMILES string of the molecule is CC[C@H](C)[C@H](NC(=O)c1ccccc1NC(=O)c1ccc(OC)cc1)C(=O)NC(C)(C)C. The van der Waals surface area contributed by atoms with Crippen molar-refractivity contribution in [2.45, 2.75) is 52.6 Å². The van der Waals surface area contributed by atoms with Gasteiger partial charge in [-0.2, -0.15) is 0 Å². The van der Waals surface area contributed by atoms with Gasteiger partial charge in [-0.05, 0) is 63.1 Å². The molecule has 3 amide bonds. The minimum atomic E-state index is -0.697. The van der Waals surface area contributed by atoms with E-state index in [4.69, 9.17) is 4.74 Å². The van der Waals surface area contributed by atoms with E-state index < -0.39 is 17.5 Å². The van der Waals surface area contributed by atoms with Crippen molar-refractivity contribution in [3.8, 4) is 5.75 Å². The van der Waals surface area contributed by atoms with Crippen molar-refractivity contribution in [1.82, 2.24) is 10.6 Å². The predicted molar refractivity (Wildman–Crippen MR) is 126 cm³/mol. The number of methoxy groups -OCH3 is 1. The first kappa shape index (κ1) is 24.9. The van der Waals surface area contributed by atoms with Gasteiger partial charge in [-0.25, -0.2) is 0 Å². The fraction of sp³-hybridized carbons (Fsp3) is 0.400. The second-order valence-electron chi connectivity index (χ2n) is 8.80. The predicted octanol–water partition coefficient (Wildman–Crippen LogP) is 4.01. The third-order valence-electron chi connectivity index (χ3n) is 5.05. The maximum atomic E-state index is 13.1. The van der Waals surface area contributed by atoms with Crippen LogP contribution >= 0.6 is 0 Å². The molecule has 0 bridgehead atoms. The van der Waals surface area contributed by atoms with Crippen LogP contribution < -0.4 is 20.7 Å². The van der Waals surface area contributed by atoms with E-state index in [2.05, 4.69) is 16.0 Å². The van der Waals surface area contributed by atoms with E-state index in [9.17, 15) is 14.4 Å². The van der Waals surface area contributed by atoms with Crippen LogP contribution in [-0.4, -0.2) is 36.4 Å². The molecule has 2 aromatic carbocycles. The quantitative estimate of drug-likeness (QED) is 0.579. The van der Waals surface area contributed by atoms with Gasteiger partial charge in [-0.3, -0.25) is 14.4 Å². The summed E-state index contributed by atoms with van der Waals surface area (Å²) >= 11 is 0. The lowest BCUT2D eigenvalue weighted by Gasteiger charge is -2.28. The number of anilines is 1. The summed E-state index contributed by atoms with van der Waals surface area (Å²) < 4.78 is 5.12. The molecule has 3 N–H and O–H groups in total. The molecule has 0 spiro atoms. The van der Waals surface area contributed by atoms with E-state index in [0.717, 1.165) is 6.42 Å². The molecule has 2 aromatic rings. The minimum absolute atomic E-state index is 0.0673. The highest BCUT2D eigenvalue weighted by Crippen LogP contribution is 2.19. The van der Waals surface area contributed by atoms with E-state index >= 15 is 0 Å². The number of ether oxygens (including phenoxy) is 1. The fourth-order valence-electron chi connectivity index (χ4n) is 3.10. The van der Waals surface area contributed by atoms with E-state index in [-0.39, 0.29) is 23.3 Å². The van der Waals surface area contributed by atoms with Gasteiger partial charge in [-0.15, -0.1) is 0 Å². The number of carbonyl (C=O) groups excluding carboxylic acids is 3. The van der Waals surface area contributed by atoms with Gasteiger partial charge in [0.25, 0.3) is 11.8 Å². The smallest absolute Gasteiger partial charge is 0.255 e. The van der Waals surface area contributed by atoms with Crippen LogP contribution in [0.3, 0.4) is 0 Å². The molecule has 0 aliphatic rings. The van der Waals surface area contributed by atoms with Gasteiger partial charge in [0.05, 0.1) is 18.4 Å². The Labute approximate surface area is 189 Å². The standard InChI is InChI=1S/C25H33N3O4/c1-7-16(2)21(24(31)28-25(3,4)5)27-23(30)19-10-8-9-11-20(19)26-22(29)17-12-14-18(32-6)15-13-17/h8-16,21H,7H2,1-6H3,(H,26,29)(H,27,30)(H,28,31)/t16-,21-/m0/s1. The second kappa shape index (κ2) is 10.8. The van der Waals surface area contributed by atoms with Gasteiger partial charge >= 0.3 is 0 Å². The molecular formula is C25H33N3O4. The van der Waals surface area contributed by atoms with Crippen LogP contribution in [0.5, 0.6) is 5.75 Å². The van der Waals surface area contributed by atoms with Crippen LogP contribution in [0.4, 0.5) is 5.69 Å². The highest BCUT2D eigenvalue weighted by molar-refractivity contribution is 6.09. The Balaban J connectivity index is 2.22. The molecule has 0 unspecified atom stereocenters. The third-order valence-corrected chi connectivity index (χ3v) is 5.05. The van der Waals surface area contributed by atoms with E-state index in [1.165, 1.54) is 0 Å². The molecule has 172 valence electrons. The van der Waals surface area contributed by atoms with Crippen molar-refractivity contribution >= 4 is 23.4 Å². The van der Waals surface area contributed by atoms with Crippen molar-refractivity contribution < 1.29 is 19.1 Å². The summed E-state index contributed by atoms with van der Waals surface area (Å²) in [5.74, 6) is -0.435. The summed E-state index contributed by atoms with van der Waals surface area (Å²) in [6.07, 6.45) is 0.721. The van der Waals surface area contributed by atoms with Gasteiger partial charge in [0.1, 0.15) is 11.8 Å². The van der Waals surface area contributed by atoms with Crippen LogP contribution in [0, 0.1) is 5.92 Å². The van der Waals surface area contributed by atoms with Crippen LogP contribution in [0.1, 0.15) is 61.8 Å². The number of rotatable bonds is 8. The largest absolute Gasteiger partial charge is 0.497 e. The number of benzene rings is 2. The summed E-state index contributed by atoms with van der Waals surface area (Å²) in [4.78, 5) is 38.6. The molecule has 0 aliphatic carbocycles. The molecule has 2 rings (SSSR count). The highest BCUT2D eigenvalue weighted by Gasteiger charge is 2.29. The summed E-state index contributed by atoms with van der Waals surface area (Å²) in [6.45, 7) is 9.57. The maximum absolute atomic E-state index is 13.1. The zero-order chi connectivity index (χ0) is 23.9. The normalized spacial score (nSPS) is 12.9. The molecule has 7 heteroatoms. The van der Waals surface area contributed by atoms with Crippen molar-refractivity contribution in [1.29, 1.82) is 0 Å². The Morgan fingerprint density at radius 2 is 1.59 bits per heavy atom. The topological polar surface area (TPSA) is 96.5 Å². The van der Waals surface area contributed by atoms with Crippen molar-refractivity contribution in [3.63, 3.8) is 0 Å². The van der Waals surface area contributed by atoms with E-state index in [1.54, 1.807) is 55.6 Å². The Morgan fingerprint density at radius 1 is 0.969 bits per heavy atom. The zero-order valence-corrected chi connectivity index (χ0v) is 19.6. The lowest BCUT2D eigenvalue weighted by Crippen LogP contribution is -2.54. The fourth-order valence-corrected chi connectivity index (χ4v) is 3.10. The lowest BCUT2D eigenvalue weighted by molar-refractivity contribution is -0.125. The van der Waals surface area contributed by atoms with Crippen LogP contribution in [-0.2, 0) is 4.79 Å². The first-order valence-corrected chi connectivity index (χ1v) is 10.7. The van der Waals surface area contributed by atoms with E-state index in [0.29, 0.717) is 17.0 Å². The minimum Gasteiger partial charge on any atom is -0.497 e. The summed E-state index contributed by atoms with van der Waals surface area (Å²) in [5, 5.41) is 8.58. The van der Waals surface area contributed by atoms with Crippen molar-refractivity contribution in [2.24, 2.45) is 5.92 Å². The van der Waals surface area contributed by atoms with Crippen molar-refractivity contribution in [3.05, 3.63) is 59.7 Å². The molecule has 0 saturated carbocycles. The number of amides is 3. The molecule has 2 atom stereocenters. The second-order valence-corrected chi connectivity index (χ2v) is 8.80. The average molecular weight is 440 g/mol. The lowest BCUT2D eigenvalue weighted by atomic mass is 9.96. The Hall–Kier alpha value is -3.35. The molecule has 32 heavy (non-hydrogen) atoms. The Kier molecular flexibility index (Phi) is 8.41. The molecule has 0 fully saturated rings. The average Bonchev–Trinajstić information content (AvgIpc) is 2.75. The van der Waals surface area contributed by atoms with Crippen LogP contribution in [0.2, 0.25) is 0 Å². The maximum Gasteiger partial charge on any atom is 0.255 e. The summed E-state index contributed by atoms with van der Waals surface area (Å²) in [5.41, 5.74) is 0.664. The van der Waals surface area contributed by atoms with Gasteiger partial charge in [0.15, 0.2) is 0 Å².